The summed E-state index contributed by atoms with van der Waals surface area (Å²) in [5.74, 6) is 0.945. The molecule has 2 N–H and O–H groups in total. The summed E-state index contributed by atoms with van der Waals surface area (Å²) in [5, 5.41) is 6.90. The molecule has 1 heterocycles. The van der Waals surface area contributed by atoms with Gasteiger partial charge in [0.1, 0.15) is 0 Å². The van der Waals surface area contributed by atoms with Crippen molar-refractivity contribution in [2.75, 3.05) is 45.9 Å². The zero-order valence-electron chi connectivity index (χ0n) is 16.2. The first-order chi connectivity index (χ1) is 11.7. The van der Waals surface area contributed by atoms with Gasteiger partial charge in [-0.3, -0.25) is 4.99 Å². The highest BCUT2D eigenvalue weighted by Gasteiger charge is 2.07. The third-order valence-electron chi connectivity index (χ3n) is 4.49. The molecule has 0 radical (unpaired) electrons. The van der Waals surface area contributed by atoms with Gasteiger partial charge in [0, 0.05) is 19.1 Å². The summed E-state index contributed by atoms with van der Waals surface area (Å²) in [6.07, 6.45) is 6.69. The van der Waals surface area contributed by atoms with Crippen LogP contribution in [-0.2, 0) is 4.74 Å². The van der Waals surface area contributed by atoms with Crippen LogP contribution in [0, 0.1) is 0 Å². The molecule has 0 aromatic heterocycles. The van der Waals surface area contributed by atoms with Crippen molar-refractivity contribution >= 4 is 5.96 Å². The lowest BCUT2D eigenvalue weighted by Gasteiger charge is -2.21. The van der Waals surface area contributed by atoms with Crippen molar-refractivity contribution in [2.45, 2.75) is 59.4 Å². The Balaban J connectivity index is 2.31. The minimum absolute atomic E-state index is 0.445. The van der Waals surface area contributed by atoms with Gasteiger partial charge in [0.2, 0.25) is 0 Å². The fraction of sp³-hybridized carbons (Fsp3) is 0.842. The van der Waals surface area contributed by atoms with Gasteiger partial charge in [-0.2, -0.15) is 0 Å². The molecule has 5 heteroatoms. The molecule has 0 fully saturated rings. The Morgan fingerprint density at radius 1 is 1.33 bits per heavy atom. The average molecular weight is 339 g/mol. The largest absolute Gasteiger partial charge is 0.377 e. The molecule has 5 nitrogen and oxygen atoms in total. The van der Waals surface area contributed by atoms with Gasteiger partial charge in [-0.25, -0.2) is 0 Å². The van der Waals surface area contributed by atoms with Gasteiger partial charge >= 0.3 is 0 Å². The molecule has 140 valence electrons. The molecule has 24 heavy (non-hydrogen) atoms. The zero-order chi connectivity index (χ0) is 17.6. The highest BCUT2D eigenvalue weighted by Crippen LogP contribution is 2.11. The average Bonchev–Trinajstić information content (AvgIpc) is 2.60. The van der Waals surface area contributed by atoms with E-state index in [1.807, 2.05) is 0 Å². The summed E-state index contributed by atoms with van der Waals surface area (Å²) >= 11 is 0. The van der Waals surface area contributed by atoms with Crippen LogP contribution < -0.4 is 10.6 Å². The normalized spacial score (nSPS) is 16.9. The Morgan fingerprint density at radius 3 is 2.75 bits per heavy atom. The van der Waals surface area contributed by atoms with Crippen LogP contribution in [0.1, 0.15) is 53.4 Å². The second-order valence-electron chi connectivity index (χ2n) is 6.41. The number of aliphatic imine (C=N–C) groups is 1. The van der Waals surface area contributed by atoms with Gasteiger partial charge in [0.25, 0.3) is 0 Å². The molecule has 0 saturated carbocycles. The maximum Gasteiger partial charge on any atom is 0.191 e. The zero-order valence-corrected chi connectivity index (χ0v) is 16.2. The summed E-state index contributed by atoms with van der Waals surface area (Å²) in [5.41, 5.74) is 1.48. The van der Waals surface area contributed by atoms with Crippen LogP contribution in [0.3, 0.4) is 0 Å². The number of guanidine groups is 1. The van der Waals surface area contributed by atoms with E-state index < -0.39 is 0 Å². The van der Waals surface area contributed by atoms with E-state index in [2.05, 4.69) is 49.3 Å². The molecular formula is C19H38N4O. The molecule has 0 amide bonds. The van der Waals surface area contributed by atoms with Gasteiger partial charge in [0.15, 0.2) is 5.96 Å². The van der Waals surface area contributed by atoms with Gasteiger partial charge < -0.3 is 20.3 Å². The summed E-state index contributed by atoms with van der Waals surface area (Å²) < 4.78 is 5.35. The van der Waals surface area contributed by atoms with Gasteiger partial charge in [-0.1, -0.05) is 25.5 Å². The van der Waals surface area contributed by atoms with Crippen molar-refractivity contribution < 1.29 is 4.74 Å². The fourth-order valence-corrected chi connectivity index (χ4v) is 2.89. The lowest BCUT2D eigenvalue weighted by atomic mass is 10.1. The molecule has 0 aromatic rings. The first-order valence-corrected chi connectivity index (χ1v) is 9.72. The summed E-state index contributed by atoms with van der Waals surface area (Å²) in [6, 6.07) is 0.445. The van der Waals surface area contributed by atoms with Crippen LogP contribution in [0.5, 0.6) is 0 Å². The molecule has 0 spiro atoms. The van der Waals surface area contributed by atoms with Crippen molar-refractivity contribution in [1.29, 1.82) is 0 Å². The topological polar surface area (TPSA) is 48.9 Å². The molecular weight excluding hydrogens is 300 g/mol. The van der Waals surface area contributed by atoms with E-state index in [1.54, 1.807) is 0 Å². The SMILES string of the molecule is CCNC(=NCCC1=CCOCC1)NC(C)CCCN(CC)CC. The molecule has 1 aliphatic heterocycles. The van der Waals surface area contributed by atoms with Crippen LogP contribution in [0.15, 0.2) is 16.6 Å². The second-order valence-corrected chi connectivity index (χ2v) is 6.41. The van der Waals surface area contributed by atoms with Crippen molar-refractivity contribution in [1.82, 2.24) is 15.5 Å². The Labute approximate surface area is 148 Å². The summed E-state index contributed by atoms with van der Waals surface area (Å²) in [7, 11) is 0. The molecule has 0 aliphatic carbocycles. The second kappa shape index (κ2) is 13.2. The first kappa shape index (κ1) is 21.0. The number of hydrogen-bond acceptors (Lipinski definition) is 3. The van der Waals surface area contributed by atoms with E-state index in [4.69, 9.17) is 9.73 Å². The lowest BCUT2D eigenvalue weighted by Crippen LogP contribution is -2.42. The number of rotatable bonds is 11. The van der Waals surface area contributed by atoms with E-state index in [0.29, 0.717) is 6.04 Å². The van der Waals surface area contributed by atoms with E-state index in [9.17, 15) is 0 Å². The highest BCUT2D eigenvalue weighted by molar-refractivity contribution is 5.80. The van der Waals surface area contributed by atoms with Crippen molar-refractivity contribution in [3.63, 3.8) is 0 Å². The lowest BCUT2D eigenvalue weighted by molar-refractivity contribution is 0.153. The maximum atomic E-state index is 5.35. The first-order valence-electron chi connectivity index (χ1n) is 9.72. The number of nitrogens with one attached hydrogen (secondary N) is 2. The predicted molar refractivity (Wildman–Crippen MR) is 104 cm³/mol. The van der Waals surface area contributed by atoms with E-state index in [0.717, 1.165) is 58.2 Å². The molecule has 1 rings (SSSR count). The quantitative estimate of drug-likeness (QED) is 0.345. The minimum Gasteiger partial charge on any atom is -0.377 e. The molecule has 0 saturated heterocycles. The number of ether oxygens (including phenoxy) is 1. The van der Waals surface area contributed by atoms with Crippen LogP contribution in [0.4, 0.5) is 0 Å². The Morgan fingerprint density at radius 2 is 2.12 bits per heavy atom. The predicted octanol–water partition coefficient (Wildman–Crippen LogP) is 2.79. The highest BCUT2D eigenvalue weighted by atomic mass is 16.5. The van der Waals surface area contributed by atoms with Crippen molar-refractivity contribution in [3.05, 3.63) is 11.6 Å². The molecule has 1 atom stereocenters. The fourth-order valence-electron chi connectivity index (χ4n) is 2.89. The Kier molecular flexibility index (Phi) is 11.6. The van der Waals surface area contributed by atoms with Crippen molar-refractivity contribution in [3.8, 4) is 0 Å². The van der Waals surface area contributed by atoms with Crippen LogP contribution in [-0.4, -0.2) is 62.8 Å². The number of hydrogen-bond donors (Lipinski definition) is 2. The van der Waals surface area contributed by atoms with Crippen LogP contribution >= 0.6 is 0 Å². The van der Waals surface area contributed by atoms with Crippen LogP contribution in [0.25, 0.3) is 0 Å². The van der Waals surface area contributed by atoms with Gasteiger partial charge in [-0.05, 0) is 59.2 Å². The van der Waals surface area contributed by atoms with Crippen LogP contribution in [0.2, 0.25) is 0 Å². The third kappa shape index (κ3) is 9.28. The Bertz CT molecular complexity index is 378. The van der Waals surface area contributed by atoms with E-state index in [1.165, 1.54) is 25.0 Å². The van der Waals surface area contributed by atoms with Gasteiger partial charge in [-0.15, -0.1) is 0 Å². The van der Waals surface area contributed by atoms with E-state index >= 15 is 0 Å². The molecule has 0 aromatic carbocycles. The maximum absolute atomic E-state index is 5.35. The van der Waals surface area contributed by atoms with Crippen molar-refractivity contribution in [2.24, 2.45) is 4.99 Å². The Hall–Kier alpha value is -1.07. The van der Waals surface area contributed by atoms with E-state index in [-0.39, 0.29) is 0 Å². The molecule has 1 unspecified atom stereocenters. The standard InChI is InChI=1S/C19H38N4O/c1-5-20-19(21-13-10-18-11-15-24-16-12-18)22-17(4)9-8-14-23(6-2)7-3/h11,17H,5-10,12-16H2,1-4H3,(H2,20,21,22). The smallest absolute Gasteiger partial charge is 0.191 e. The molecule has 0 bridgehead atoms. The van der Waals surface area contributed by atoms with Gasteiger partial charge in [0.05, 0.1) is 13.2 Å². The number of nitrogens with zero attached hydrogens (tertiary/aromatic N) is 2. The third-order valence-corrected chi connectivity index (χ3v) is 4.49. The minimum atomic E-state index is 0.445. The molecule has 1 aliphatic rings. The summed E-state index contributed by atoms with van der Waals surface area (Å²) in [4.78, 5) is 7.21. The summed E-state index contributed by atoms with van der Waals surface area (Å²) in [6.45, 7) is 15.7. The monoisotopic (exact) mass is 338 g/mol.